The highest BCUT2D eigenvalue weighted by atomic mass is 79.9. The first-order valence-corrected chi connectivity index (χ1v) is 8.44. The standard InChI is InChI=1S/C17H23BrO2/c1-13(19)20-17(15-10-6-3-7-11-15)12-16(18)14-8-4-2-5-9-14/h2,4-5,8-9,15-17H,3,6-7,10-12H2,1H3/t16-,17-/m0/s1. The van der Waals surface area contributed by atoms with E-state index in [0.29, 0.717) is 5.92 Å². The van der Waals surface area contributed by atoms with Crippen LogP contribution in [0, 0.1) is 5.92 Å². The molecule has 110 valence electrons. The Morgan fingerprint density at radius 1 is 1.25 bits per heavy atom. The van der Waals surface area contributed by atoms with Gasteiger partial charge in [0.2, 0.25) is 0 Å². The molecule has 3 heteroatoms. The Hall–Kier alpha value is -0.830. The maximum absolute atomic E-state index is 11.4. The largest absolute Gasteiger partial charge is 0.462 e. The van der Waals surface area contributed by atoms with Gasteiger partial charge in [-0.3, -0.25) is 4.79 Å². The summed E-state index contributed by atoms with van der Waals surface area (Å²) in [6, 6.07) is 10.3. The molecule has 1 fully saturated rings. The fraction of sp³-hybridized carbons (Fsp3) is 0.588. The van der Waals surface area contributed by atoms with E-state index in [4.69, 9.17) is 4.74 Å². The van der Waals surface area contributed by atoms with Gasteiger partial charge in [0.1, 0.15) is 6.10 Å². The zero-order valence-electron chi connectivity index (χ0n) is 12.1. The van der Waals surface area contributed by atoms with E-state index in [1.807, 2.05) is 18.2 Å². The van der Waals surface area contributed by atoms with Crippen LogP contribution in [0.1, 0.15) is 55.8 Å². The van der Waals surface area contributed by atoms with E-state index < -0.39 is 0 Å². The van der Waals surface area contributed by atoms with Gasteiger partial charge in [0, 0.05) is 18.2 Å². The van der Waals surface area contributed by atoms with Gasteiger partial charge in [-0.05, 0) is 24.3 Å². The summed E-state index contributed by atoms with van der Waals surface area (Å²) in [4.78, 5) is 11.6. The summed E-state index contributed by atoms with van der Waals surface area (Å²) in [5, 5.41) is 0. The molecule has 0 unspecified atom stereocenters. The third-order valence-electron chi connectivity index (χ3n) is 4.09. The molecule has 1 aromatic carbocycles. The summed E-state index contributed by atoms with van der Waals surface area (Å²) in [6.07, 6.45) is 7.12. The van der Waals surface area contributed by atoms with Gasteiger partial charge < -0.3 is 4.74 Å². The number of hydrogen-bond donors (Lipinski definition) is 0. The Morgan fingerprint density at radius 3 is 2.50 bits per heavy atom. The smallest absolute Gasteiger partial charge is 0.302 e. The van der Waals surface area contributed by atoms with Crippen LogP contribution in [0.2, 0.25) is 0 Å². The third kappa shape index (κ3) is 4.62. The van der Waals surface area contributed by atoms with Crippen LogP contribution in [0.5, 0.6) is 0 Å². The van der Waals surface area contributed by atoms with Gasteiger partial charge in [-0.1, -0.05) is 65.5 Å². The zero-order valence-corrected chi connectivity index (χ0v) is 13.6. The van der Waals surface area contributed by atoms with Crippen molar-refractivity contribution in [3.05, 3.63) is 35.9 Å². The molecule has 2 atom stereocenters. The van der Waals surface area contributed by atoms with Crippen molar-refractivity contribution in [2.24, 2.45) is 5.92 Å². The molecule has 1 aromatic rings. The number of rotatable bonds is 5. The molecule has 0 saturated heterocycles. The molecule has 0 aliphatic heterocycles. The summed E-state index contributed by atoms with van der Waals surface area (Å²) in [5.41, 5.74) is 1.25. The highest BCUT2D eigenvalue weighted by molar-refractivity contribution is 9.09. The van der Waals surface area contributed by atoms with Gasteiger partial charge >= 0.3 is 5.97 Å². The van der Waals surface area contributed by atoms with Crippen LogP contribution in [0.4, 0.5) is 0 Å². The van der Waals surface area contributed by atoms with Crippen molar-refractivity contribution >= 4 is 21.9 Å². The average molecular weight is 339 g/mol. The minimum absolute atomic E-state index is 0.0392. The van der Waals surface area contributed by atoms with Crippen LogP contribution >= 0.6 is 15.9 Å². The third-order valence-corrected chi connectivity index (χ3v) is 5.00. The normalized spacial score (nSPS) is 19.3. The molecule has 20 heavy (non-hydrogen) atoms. The van der Waals surface area contributed by atoms with Crippen LogP contribution < -0.4 is 0 Å². The molecular formula is C17H23BrO2. The Morgan fingerprint density at radius 2 is 1.90 bits per heavy atom. The fourth-order valence-corrected chi connectivity index (χ4v) is 3.73. The minimum Gasteiger partial charge on any atom is -0.462 e. The van der Waals surface area contributed by atoms with Gasteiger partial charge in [0.15, 0.2) is 0 Å². The average Bonchev–Trinajstić information content (AvgIpc) is 2.48. The number of alkyl halides is 1. The molecule has 1 aliphatic carbocycles. The van der Waals surface area contributed by atoms with Crippen LogP contribution in [-0.2, 0) is 9.53 Å². The predicted molar refractivity (Wildman–Crippen MR) is 84.9 cm³/mol. The number of carbonyl (C=O) groups is 1. The van der Waals surface area contributed by atoms with Crippen LogP contribution in [0.25, 0.3) is 0 Å². The Balaban J connectivity index is 2.01. The first kappa shape index (κ1) is 15.6. The van der Waals surface area contributed by atoms with Gasteiger partial charge in [0.25, 0.3) is 0 Å². The number of carbonyl (C=O) groups excluding carboxylic acids is 1. The zero-order chi connectivity index (χ0) is 14.4. The summed E-state index contributed by atoms with van der Waals surface area (Å²) >= 11 is 3.75. The molecule has 2 rings (SSSR count). The van der Waals surface area contributed by atoms with E-state index in [1.165, 1.54) is 44.6 Å². The van der Waals surface area contributed by atoms with E-state index in [1.54, 1.807) is 0 Å². The van der Waals surface area contributed by atoms with Crippen molar-refractivity contribution in [1.82, 2.24) is 0 Å². The summed E-state index contributed by atoms with van der Waals surface area (Å²) < 4.78 is 5.61. The lowest BCUT2D eigenvalue weighted by molar-refractivity contribution is -0.150. The second-order valence-electron chi connectivity index (χ2n) is 5.66. The van der Waals surface area contributed by atoms with E-state index in [9.17, 15) is 4.79 Å². The number of ether oxygens (including phenoxy) is 1. The van der Waals surface area contributed by atoms with E-state index in [2.05, 4.69) is 28.1 Å². The predicted octanol–water partition coefficient (Wildman–Crippen LogP) is 5.02. The lowest BCUT2D eigenvalue weighted by atomic mass is 9.83. The van der Waals surface area contributed by atoms with Crippen molar-refractivity contribution in [1.29, 1.82) is 0 Å². The molecule has 0 radical (unpaired) electrons. The topological polar surface area (TPSA) is 26.3 Å². The molecule has 0 spiro atoms. The summed E-state index contributed by atoms with van der Waals surface area (Å²) in [6.45, 7) is 1.52. The minimum atomic E-state index is -0.159. The first-order chi connectivity index (χ1) is 9.66. The van der Waals surface area contributed by atoms with Crippen LogP contribution in [0.15, 0.2) is 30.3 Å². The number of hydrogen-bond acceptors (Lipinski definition) is 2. The van der Waals surface area contributed by atoms with Crippen LogP contribution in [0.3, 0.4) is 0 Å². The van der Waals surface area contributed by atoms with Crippen LogP contribution in [-0.4, -0.2) is 12.1 Å². The van der Waals surface area contributed by atoms with Crippen molar-refractivity contribution in [3.63, 3.8) is 0 Å². The van der Waals surface area contributed by atoms with E-state index in [0.717, 1.165) is 6.42 Å². The van der Waals surface area contributed by atoms with Gasteiger partial charge in [-0.25, -0.2) is 0 Å². The van der Waals surface area contributed by atoms with E-state index >= 15 is 0 Å². The maximum Gasteiger partial charge on any atom is 0.302 e. The second kappa shape index (κ2) is 7.82. The monoisotopic (exact) mass is 338 g/mol. The molecule has 1 aliphatic rings. The lowest BCUT2D eigenvalue weighted by Gasteiger charge is -2.31. The Labute approximate surface area is 130 Å². The molecule has 0 amide bonds. The van der Waals surface area contributed by atoms with Crippen molar-refractivity contribution < 1.29 is 9.53 Å². The molecular weight excluding hydrogens is 316 g/mol. The van der Waals surface area contributed by atoms with Gasteiger partial charge in [0.05, 0.1) is 0 Å². The SMILES string of the molecule is CC(=O)O[C@@H](C[C@H](Br)c1ccccc1)C1CCCCC1. The molecule has 0 N–H and O–H groups in total. The number of halogens is 1. The van der Waals surface area contributed by atoms with Crippen molar-refractivity contribution in [2.75, 3.05) is 0 Å². The maximum atomic E-state index is 11.4. The molecule has 2 nitrogen and oxygen atoms in total. The molecule has 1 saturated carbocycles. The van der Waals surface area contributed by atoms with Crippen molar-refractivity contribution in [3.8, 4) is 0 Å². The first-order valence-electron chi connectivity index (χ1n) is 7.53. The molecule has 0 bridgehead atoms. The highest BCUT2D eigenvalue weighted by Gasteiger charge is 2.28. The summed E-state index contributed by atoms with van der Waals surface area (Å²) in [5.74, 6) is 0.366. The summed E-state index contributed by atoms with van der Waals surface area (Å²) in [7, 11) is 0. The quantitative estimate of drug-likeness (QED) is 0.556. The Kier molecular flexibility index (Phi) is 6.08. The Bertz CT molecular complexity index is 412. The second-order valence-corrected chi connectivity index (χ2v) is 6.77. The van der Waals surface area contributed by atoms with E-state index in [-0.39, 0.29) is 16.9 Å². The highest BCUT2D eigenvalue weighted by Crippen LogP contribution is 2.35. The fourth-order valence-electron chi connectivity index (χ4n) is 3.06. The van der Waals surface area contributed by atoms with Gasteiger partial charge in [-0.15, -0.1) is 0 Å². The molecule has 0 heterocycles. The lowest BCUT2D eigenvalue weighted by Crippen LogP contribution is -2.29. The molecule has 0 aromatic heterocycles. The number of esters is 1. The van der Waals surface area contributed by atoms with Gasteiger partial charge in [-0.2, -0.15) is 0 Å². The van der Waals surface area contributed by atoms with Crippen molar-refractivity contribution in [2.45, 2.75) is 56.4 Å². The number of benzene rings is 1.